The fraction of sp³-hybridized carbons (Fsp3) is 0.194. The number of halogens is 4. The van der Waals surface area contributed by atoms with Crippen molar-refractivity contribution < 1.29 is 37.6 Å². The van der Waals surface area contributed by atoms with Crippen LogP contribution in [0.1, 0.15) is 44.8 Å². The first-order valence-corrected chi connectivity index (χ1v) is 28.0. The van der Waals surface area contributed by atoms with Crippen molar-refractivity contribution in [2.75, 3.05) is 0 Å². The Labute approximate surface area is 510 Å². The molecule has 416 valence electrons. The summed E-state index contributed by atoms with van der Waals surface area (Å²) in [5.41, 5.74) is 14.0. The summed E-state index contributed by atoms with van der Waals surface area (Å²) < 4.78 is 45.5. The highest BCUT2D eigenvalue weighted by Gasteiger charge is 2.27. The maximum absolute atomic E-state index is 7.11. The highest BCUT2D eigenvalue weighted by Crippen LogP contribution is 2.39. The monoisotopic (exact) mass is 1190 g/mol. The van der Waals surface area contributed by atoms with Crippen LogP contribution < -0.4 is 40.8 Å². The lowest BCUT2D eigenvalue weighted by molar-refractivity contribution is 0.333. The van der Waals surface area contributed by atoms with Crippen molar-refractivity contribution in [1.29, 1.82) is 0 Å². The van der Waals surface area contributed by atoms with Crippen molar-refractivity contribution in [3.05, 3.63) is 220 Å². The molecule has 0 saturated heterocycles. The molecule has 6 aromatic carbocycles. The first-order chi connectivity index (χ1) is 40.3. The van der Waals surface area contributed by atoms with Crippen LogP contribution in [-0.2, 0) is 45.0 Å². The van der Waals surface area contributed by atoms with E-state index in [9.17, 15) is 0 Å². The molecule has 4 aliphatic rings. The Kier molecular flexibility index (Phi) is 19.3. The van der Waals surface area contributed by atoms with Crippen LogP contribution in [0.5, 0.6) is 46.3 Å². The Hall–Kier alpha value is -7.96. The predicted molar refractivity (Wildman–Crippen MR) is 336 cm³/mol. The summed E-state index contributed by atoms with van der Waals surface area (Å²) in [6.07, 6.45) is 0. The number of rotatable bonds is 8. The van der Waals surface area contributed by atoms with Crippen molar-refractivity contribution in [2.24, 2.45) is 0 Å². The molecule has 2 aromatic heterocycles. The van der Waals surface area contributed by atoms with Gasteiger partial charge in [-0.2, -0.15) is 0 Å². The summed E-state index contributed by atoms with van der Waals surface area (Å²) in [4.78, 5) is 22.1. The molecule has 0 bridgehead atoms. The number of aromatic nitrogens is 2. The van der Waals surface area contributed by atoms with E-state index >= 15 is 0 Å². The smallest absolute Gasteiger partial charge is 0.324 e. The highest BCUT2D eigenvalue weighted by molar-refractivity contribution is 6.68. The average Bonchev–Trinajstić information content (AvgIpc) is 4.12. The largest absolute Gasteiger partial charge is 0.457 e. The summed E-state index contributed by atoms with van der Waals surface area (Å²) in [5.74, 6) is 4.72. The van der Waals surface area contributed by atoms with Crippen LogP contribution >= 0.6 is 46.4 Å². The minimum Gasteiger partial charge on any atom is -0.457 e. The molecule has 0 atom stereocenters. The quantitative estimate of drug-likeness (QED) is 0.108. The Morgan fingerprint density at radius 1 is 0.405 bits per heavy atom. The molecule has 0 spiro atoms. The zero-order valence-electron chi connectivity index (χ0n) is 47.0. The van der Waals surface area contributed by atoms with Gasteiger partial charge in [-0.1, -0.05) is 98.0 Å². The van der Waals surface area contributed by atoms with Crippen LogP contribution in [0.25, 0.3) is 19.4 Å². The average molecular weight is 1190 g/mol. The normalized spacial score (nSPS) is 13.0. The highest BCUT2D eigenvalue weighted by atomic mass is 35.5. The van der Waals surface area contributed by atoms with E-state index in [4.69, 9.17) is 110 Å². The summed E-state index contributed by atoms with van der Waals surface area (Å²) in [7, 11) is 0. The number of aryl methyl sites for hydroxylation is 4. The van der Waals surface area contributed by atoms with E-state index in [0.29, 0.717) is 115 Å². The van der Waals surface area contributed by atoms with Crippen LogP contribution in [0.3, 0.4) is 0 Å². The number of pyridine rings is 2. The third-order valence-corrected chi connectivity index (χ3v) is 15.4. The number of hydrogen-bond acceptors (Lipinski definition) is 10. The fourth-order valence-corrected chi connectivity index (χ4v) is 10.6. The molecule has 0 amide bonds. The summed E-state index contributed by atoms with van der Waals surface area (Å²) in [6.45, 7) is 46.6. The molecule has 0 unspecified atom stereocenters. The van der Waals surface area contributed by atoms with E-state index in [1.807, 2.05) is 120 Å². The van der Waals surface area contributed by atoms with Gasteiger partial charge in [0.25, 0.3) is 0 Å². The molecule has 22 heteroatoms. The number of fused-ring (bicyclic) bond motifs is 4. The fourth-order valence-electron chi connectivity index (χ4n) is 9.65. The second-order valence-electron chi connectivity index (χ2n) is 20.0. The molecule has 6 heterocycles. The van der Waals surface area contributed by atoms with E-state index in [1.54, 1.807) is 44.2 Å². The molecule has 0 radical (unpaired) electrons. The molecular weight excluding hydrogens is 1140 g/mol. The minimum atomic E-state index is 0.121. The van der Waals surface area contributed by atoms with Crippen LogP contribution in [0.2, 0.25) is 47.4 Å². The summed E-state index contributed by atoms with van der Waals surface area (Å²) in [5, 5.41) is 1.54. The van der Waals surface area contributed by atoms with Gasteiger partial charge in [-0.15, -0.1) is 0 Å². The molecule has 4 aliphatic heterocycles. The van der Waals surface area contributed by atoms with Crippen LogP contribution in [0.15, 0.2) is 109 Å². The number of benzene rings is 6. The van der Waals surface area contributed by atoms with Gasteiger partial charge in [-0.25, -0.2) is 29.3 Å². The Bertz CT molecular complexity index is 3750. The topological polar surface area (TPSA) is 117 Å². The van der Waals surface area contributed by atoms with Crippen molar-refractivity contribution in [2.45, 2.75) is 81.4 Å². The van der Waals surface area contributed by atoms with Gasteiger partial charge < -0.3 is 37.6 Å². The number of nitrogens with zero attached hydrogens (tertiary/aromatic N) is 6. The second-order valence-corrected chi connectivity index (χ2v) is 21.6. The predicted octanol–water partition coefficient (Wildman–Crippen LogP) is 16.2. The van der Waals surface area contributed by atoms with E-state index < -0.39 is 0 Å². The van der Waals surface area contributed by atoms with Crippen LogP contribution in [0.4, 0.5) is 22.7 Å². The lowest BCUT2D eigenvalue weighted by Gasteiger charge is -2.11. The SMILES string of the molecule is [C-]#[N+]c1c(C)cc(Oc2ccc3c(c2)COB3C)cc1Cl.[C-]#[N+]c1c(Cl)cc(Oc2ccc3c(c2)COB3C)nc1C.[C-]#[N+]c1cc(Cl)c(Oc2ccc3c(c2)COB3C)cc1C.[C-]#[N+]c1cc(Cl)c(Oc2ccc3c(c2)COB3C)nc1C. The summed E-state index contributed by atoms with van der Waals surface area (Å²) >= 11 is 24.5. The molecule has 12 rings (SSSR count). The Morgan fingerprint density at radius 2 is 0.845 bits per heavy atom. The van der Waals surface area contributed by atoms with E-state index in [0.717, 1.165) is 44.9 Å². The lowest BCUT2D eigenvalue weighted by atomic mass is 9.64. The second kappa shape index (κ2) is 26.7. The maximum Gasteiger partial charge on any atom is 0.324 e. The van der Waals surface area contributed by atoms with Crippen molar-refractivity contribution in [3.63, 3.8) is 0 Å². The molecule has 84 heavy (non-hydrogen) atoms. The van der Waals surface area contributed by atoms with Gasteiger partial charge in [0.15, 0.2) is 5.69 Å². The standard InChI is InChI=1S/2C16H13BClNO2.2C15H12BClN2O2/c1-10-6-13(8-15(18)16(10)19-3)21-12-4-5-14-11(7-12)9-20-17(14)2;1-10-6-16(14(18)8-15(10)19-3)21-12-4-5-13-11(7-12)9-20-17(13)2;1-9-15(18-3)13(17)7-14(19-9)21-11-4-5-12-10(6-11)8-20-16(12)2;1-9-14(18-3)7-13(17)15(19-9)21-11-4-5-12-10(6-11)8-20-16(12)2/h2*4-8H,9H2,1-2H3;2*4-7H,8H2,1-2H3. The molecule has 0 N–H and O–H groups in total. The Morgan fingerprint density at radius 3 is 1.30 bits per heavy atom. The molecular formula is C62H50B4Cl4N6O8. The van der Waals surface area contributed by atoms with Crippen LogP contribution in [0, 0.1) is 54.0 Å². The zero-order chi connectivity index (χ0) is 59.9. The molecule has 0 aliphatic carbocycles. The summed E-state index contributed by atoms with van der Waals surface area (Å²) in [6, 6.07) is 33.6. The third-order valence-electron chi connectivity index (χ3n) is 14.2. The van der Waals surface area contributed by atoms with Crippen LogP contribution in [-0.4, -0.2) is 37.6 Å². The van der Waals surface area contributed by atoms with Gasteiger partial charge in [0.2, 0.25) is 28.8 Å². The first kappa shape index (κ1) is 60.6. The molecule has 0 saturated carbocycles. The third kappa shape index (κ3) is 14.0. The van der Waals surface area contributed by atoms with Crippen molar-refractivity contribution in [1.82, 2.24) is 9.97 Å². The number of ether oxygens (including phenoxy) is 4. The molecule has 0 fully saturated rings. The maximum atomic E-state index is 7.11. The van der Waals surface area contributed by atoms with Crippen molar-refractivity contribution in [3.8, 4) is 46.3 Å². The van der Waals surface area contributed by atoms with Gasteiger partial charge in [-0.05, 0) is 162 Å². The van der Waals surface area contributed by atoms with Gasteiger partial charge in [0.05, 0.1) is 72.8 Å². The Balaban J connectivity index is 0.000000134. The van der Waals surface area contributed by atoms with E-state index in [1.165, 1.54) is 21.9 Å². The molecule has 8 aromatic rings. The van der Waals surface area contributed by atoms with E-state index in [-0.39, 0.29) is 27.7 Å². The minimum absolute atomic E-state index is 0.121. The van der Waals surface area contributed by atoms with Gasteiger partial charge in [-0.3, -0.25) is 0 Å². The lowest BCUT2D eigenvalue weighted by Crippen LogP contribution is -2.23. The van der Waals surface area contributed by atoms with E-state index in [2.05, 4.69) is 29.3 Å². The van der Waals surface area contributed by atoms with Gasteiger partial charge in [0, 0.05) is 17.5 Å². The first-order valence-electron chi connectivity index (χ1n) is 26.5. The van der Waals surface area contributed by atoms with Crippen molar-refractivity contribution >= 4 is 119 Å². The molecule has 14 nitrogen and oxygen atoms in total. The number of hydrogen-bond donors (Lipinski definition) is 0. The van der Waals surface area contributed by atoms with Gasteiger partial charge >= 0.3 is 27.7 Å². The van der Waals surface area contributed by atoms with Gasteiger partial charge in [0.1, 0.15) is 34.5 Å². The zero-order valence-corrected chi connectivity index (χ0v) is 50.0.